The van der Waals surface area contributed by atoms with Crippen LogP contribution in [-0.2, 0) is 7.05 Å². The van der Waals surface area contributed by atoms with Gasteiger partial charge in [0.25, 0.3) is 5.91 Å². The molecule has 1 aliphatic rings. The molecular formula is C16H19N5O2S. The molecule has 0 aliphatic carbocycles. The molecule has 0 aromatic carbocycles. The Hall–Kier alpha value is -2.22. The van der Waals surface area contributed by atoms with Crippen molar-refractivity contribution in [1.82, 2.24) is 24.8 Å². The Morgan fingerprint density at radius 3 is 2.96 bits per heavy atom. The lowest BCUT2D eigenvalue weighted by Gasteiger charge is -2.30. The van der Waals surface area contributed by atoms with E-state index < -0.39 is 0 Å². The third-order valence-corrected chi connectivity index (χ3v) is 5.71. The van der Waals surface area contributed by atoms with Crippen molar-refractivity contribution in [3.8, 4) is 0 Å². The number of rotatable bonds is 2. The summed E-state index contributed by atoms with van der Waals surface area (Å²) in [5, 5.41) is 9.48. The molecule has 0 bridgehead atoms. The normalized spacial score (nSPS) is 18.5. The minimum atomic E-state index is 0.0838. The zero-order chi connectivity index (χ0) is 16.8. The van der Waals surface area contributed by atoms with Crippen LogP contribution in [0.25, 0.3) is 10.2 Å². The number of aromatic nitrogens is 4. The van der Waals surface area contributed by atoms with Crippen molar-refractivity contribution < 1.29 is 9.32 Å². The van der Waals surface area contributed by atoms with Crippen LogP contribution in [0.5, 0.6) is 0 Å². The third-order valence-electron chi connectivity index (χ3n) is 4.52. The Bertz CT molecular complexity index is 874. The second kappa shape index (κ2) is 5.70. The Balaban J connectivity index is 1.57. The summed E-state index contributed by atoms with van der Waals surface area (Å²) in [6.07, 6.45) is 1.94. The van der Waals surface area contributed by atoms with Crippen molar-refractivity contribution in [3.05, 3.63) is 28.4 Å². The lowest BCUT2D eigenvalue weighted by Crippen LogP contribution is -2.39. The summed E-state index contributed by atoms with van der Waals surface area (Å²) in [5.74, 6) is 1.51. The molecule has 0 radical (unpaired) electrons. The van der Waals surface area contributed by atoms with Gasteiger partial charge in [0.1, 0.15) is 4.83 Å². The van der Waals surface area contributed by atoms with E-state index in [-0.39, 0.29) is 11.8 Å². The SMILES string of the molecule is Cc1nc(C2CCCN(C(=O)c3cc4c(C)nn(C)c4s3)C2)no1. The lowest BCUT2D eigenvalue weighted by molar-refractivity contribution is 0.0708. The van der Waals surface area contributed by atoms with Gasteiger partial charge < -0.3 is 9.42 Å². The Kier molecular flexibility index (Phi) is 3.64. The van der Waals surface area contributed by atoms with Crippen molar-refractivity contribution in [2.45, 2.75) is 32.6 Å². The number of carbonyl (C=O) groups is 1. The molecular weight excluding hydrogens is 326 g/mol. The van der Waals surface area contributed by atoms with Gasteiger partial charge in [-0.05, 0) is 25.8 Å². The summed E-state index contributed by atoms with van der Waals surface area (Å²) in [7, 11) is 1.91. The minimum absolute atomic E-state index is 0.0838. The van der Waals surface area contributed by atoms with Crippen LogP contribution in [0.2, 0.25) is 0 Å². The van der Waals surface area contributed by atoms with Crippen LogP contribution in [0.1, 0.15) is 45.8 Å². The molecule has 8 heteroatoms. The molecule has 3 aromatic heterocycles. The number of fused-ring (bicyclic) bond motifs is 1. The number of carbonyl (C=O) groups excluding carboxylic acids is 1. The number of likely N-dealkylation sites (tertiary alicyclic amines) is 1. The van der Waals surface area contributed by atoms with Gasteiger partial charge in [-0.1, -0.05) is 5.16 Å². The van der Waals surface area contributed by atoms with Gasteiger partial charge in [0.2, 0.25) is 5.89 Å². The van der Waals surface area contributed by atoms with Crippen molar-refractivity contribution >= 4 is 27.5 Å². The number of amides is 1. The van der Waals surface area contributed by atoms with E-state index in [0.29, 0.717) is 18.3 Å². The second-order valence-electron chi connectivity index (χ2n) is 6.30. The average molecular weight is 345 g/mol. The van der Waals surface area contributed by atoms with Crippen LogP contribution < -0.4 is 0 Å². The summed E-state index contributed by atoms with van der Waals surface area (Å²) in [4.78, 5) is 21.0. The number of aryl methyl sites for hydroxylation is 3. The number of piperidine rings is 1. The van der Waals surface area contributed by atoms with E-state index in [4.69, 9.17) is 4.52 Å². The maximum Gasteiger partial charge on any atom is 0.264 e. The first-order valence-corrected chi connectivity index (χ1v) is 8.87. The molecule has 0 N–H and O–H groups in total. The fourth-order valence-electron chi connectivity index (χ4n) is 3.32. The smallest absolute Gasteiger partial charge is 0.264 e. The molecule has 1 amide bonds. The minimum Gasteiger partial charge on any atom is -0.340 e. The average Bonchev–Trinajstić information content (AvgIpc) is 3.25. The second-order valence-corrected chi connectivity index (χ2v) is 7.33. The molecule has 4 heterocycles. The van der Waals surface area contributed by atoms with Crippen LogP contribution in [0.3, 0.4) is 0 Å². The lowest BCUT2D eigenvalue weighted by atomic mass is 9.97. The molecule has 1 unspecified atom stereocenters. The van der Waals surface area contributed by atoms with Crippen LogP contribution in [-0.4, -0.2) is 43.8 Å². The van der Waals surface area contributed by atoms with Gasteiger partial charge in [-0.15, -0.1) is 11.3 Å². The van der Waals surface area contributed by atoms with E-state index in [1.165, 1.54) is 11.3 Å². The summed E-state index contributed by atoms with van der Waals surface area (Å²) in [6.45, 7) is 5.18. The molecule has 7 nitrogen and oxygen atoms in total. The topological polar surface area (TPSA) is 77.1 Å². The largest absolute Gasteiger partial charge is 0.340 e. The molecule has 1 atom stereocenters. The van der Waals surface area contributed by atoms with E-state index in [0.717, 1.165) is 40.2 Å². The molecule has 1 fully saturated rings. The zero-order valence-electron chi connectivity index (χ0n) is 13.9. The van der Waals surface area contributed by atoms with Gasteiger partial charge in [0, 0.05) is 38.4 Å². The molecule has 126 valence electrons. The number of hydrogen-bond donors (Lipinski definition) is 0. The van der Waals surface area contributed by atoms with Gasteiger partial charge in [0.05, 0.1) is 10.6 Å². The van der Waals surface area contributed by atoms with Gasteiger partial charge in [0.15, 0.2) is 5.82 Å². The predicted octanol–water partition coefficient (Wildman–Crippen LogP) is 2.65. The number of hydrogen-bond acceptors (Lipinski definition) is 6. The van der Waals surface area contributed by atoms with Gasteiger partial charge in [-0.25, -0.2) is 0 Å². The highest BCUT2D eigenvalue weighted by Crippen LogP contribution is 2.31. The first-order valence-electron chi connectivity index (χ1n) is 8.05. The standard InChI is InChI=1S/C16H19N5O2S/c1-9-12-7-13(24-16(12)20(3)18-9)15(22)21-6-4-5-11(8-21)14-17-10(2)23-19-14/h7,11H,4-6,8H2,1-3H3. The third kappa shape index (κ3) is 2.50. The molecule has 1 aliphatic heterocycles. The molecule has 24 heavy (non-hydrogen) atoms. The van der Waals surface area contributed by atoms with E-state index in [9.17, 15) is 4.79 Å². The summed E-state index contributed by atoms with van der Waals surface area (Å²) in [6, 6.07) is 1.97. The van der Waals surface area contributed by atoms with E-state index in [2.05, 4.69) is 15.2 Å². The molecule has 3 aromatic rings. The van der Waals surface area contributed by atoms with Crippen LogP contribution in [0.15, 0.2) is 10.6 Å². The van der Waals surface area contributed by atoms with Gasteiger partial charge in [-0.2, -0.15) is 10.1 Å². The van der Waals surface area contributed by atoms with E-state index >= 15 is 0 Å². The van der Waals surface area contributed by atoms with Gasteiger partial charge in [-0.3, -0.25) is 9.48 Å². The summed E-state index contributed by atoms with van der Waals surface area (Å²) < 4.78 is 6.92. The van der Waals surface area contributed by atoms with Crippen molar-refractivity contribution in [1.29, 1.82) is 0 Å². The maximum absolute atomic E-state index is 12.9. The van der Waals surface area contributed by atoms with Crippen LogP contribution in [0.4, 0.5) is 0 Å². The quantitative estimate of drug-likeness (QED) is 0.713. The monoisotopic (exact) mass is 345 g/mol. The van der Waals surface area contributed by atoms with E-state index in [1.54, 1.807) is 6.92 Å². The Morgan fingerprint density at radius 2 is 2.25 bits per heavy atom. The molecule has 0 spiro atoms. The van der Waals surface area contributed by atoms with Crippen molar-refractivity contribution in [2.24, 2.45) is 7.05 Å². The maximum atomic E-state index is 12.9. The van der Waals surface area contributed by atoms with Crippen LogP contribution in [0, 0.1) is 13.8 Å². The number of nitrogens with zero attached hydrogens (tertiary/aromatic N) is 5. The van der Waals surface area contributed by atoms with Crippen LogP contribution >= 0.6 is 11.3 Å². The Labute approximate surface area is 143 Å². The highest BCUT2D eigenvalue weighted by Gasteiger charge is 2.29. The molecule has 4 rings (SSSR count). The summed E-state index contributed by atoms with van der Waals surface area (Å²) >= 11 is 1.51. The van der Waals surface area contributed by atoms with Gasteiger partial charge >= 0.3 is 0 Å². The molecule has 0 saturated carbocycles. The van der Waals surface area contributed by atoms with Crippen molar-refractivity contribution in [3.63, 3.8) is 0 Å². The zero-order valence-corrected chi connectivity index (χ0v) is 14.8. The van der Waals surface area contributed by atoms with Crippen molar-refractivity contribution in [2.75, 3.05) is 13.1 Å². The first kappa shape index (κ1) is 15.3. The number of thiophene rings is 1. The fourth-order valence-corrected chi connectivity index (χ4v) is 4.41. The van der Waals surface area contributed by atoms with E-state index in [1.807, 2.05) is 29.6 Å². The Morgan fingerprint density at radius 1 is 1.42 bits per heavy atom. The molecule has 1 saturated heterocycles. The first-order chi connectivity index (χ1) is 11.5. The predicted molar refractivity (Wildman–Crippen MR) is 90.2 cm³/mol. The highest BCUT2D eigenvalue weighted by molar-refractivity contribution is 7.20. The highest BCUT2D eigenvalue weighted by atomic mass is 32.1. The fraction of sp³-hybridized carbons (Fsp3) is 0.500. The summed E-state index contributed by atoms with van der Waals surface area (Å²) in [5.41, 5.74) is 0.960.